The Kier molecular flexibility index (Phi) is 5.14. The van der Waals surface area contributed by atoms with Crippen LogP contribution in [0, 0.1) is 6.92 Å². The molecule has 24 heavy (non-hydrogen) atoms. The third-order valence-electron chi connectivity index (χ3n) is 4.71. The van der Waals surface area contributed by atoms with Gasteiger partial charge in [0.15, 0.2) is 0 Å². The van der Waals surface area contributed by atoms with Crippen LogP contribution in [0.4, 0.5) is 0 Å². The lowest BCUT2D eigenvalue weighted by Crippen LogP contribution is -2.41. The van der Waals surface area contributed by atoms with Gasteiger partial charge in [0.2, 0.25) is 5.56 Å². The van der Waals surface area contributed by atoms with Crippen LogP contribution in [0.1, 0.15) is 53.7 Å². The van der Waals surface area contributed by atoms with Crippen LogP contribution < -0.4 is 5.56 Å². The van der Waals surface area contributed by atoms with E-state index in [0.29, 0.717) is 12.2 Å². The zero-order valence-corrected chi connectivity index (χ0v) is 14.1. The fourth-order valence-electron chi connectivity index (χ4n) is 3.49. The van der Waals surface area contributed by atoms with Crippen LogP contribution in [0.3, 0.4) is 0 Å². The van der Waals surface area contributed by atoms with Gasteiger partial charge in [0, 0.05) is 18.7 Å². The number of aromatic amines is 1. The molecule has 1 aliphatic rings. The number of amides is 1. The number of carbonyl (C=O) groups is 1. The molecule has 0 aliphatic heterocycles. The van der Waals surface area contributed by atoms with E-state index in [-0.39, 0.29) is 17.5 Å². The molecular formula is C20H24N2O2. The van der Waals surface area contributed by atoms with Crippen molar-refractivity contribution >= 4 is 5.91 Å². The highest BCUT2D eigenvalue weighted by atomic mass is 16.2. The summed E-state index contributed by atoms with van der Waals surface area (Å²) in [5, 5.41) is 0. The van der Waals surface area contributed by atoms with Crippen LogP contribution in [0.5, 0.6) is 0 Å². The first kappa shape index (κ1) is 16.5. The van der Waals surface area contributed by atoms with E-state index in [1.54, 1.807) is 12.1 Å². The van der Waals surface area contributed by atoms with Crippen molar-refractivity contribution in [2.24, 2.45) is 0 Å². The third kappa shape index (κ3) is 3.94. The van der Waals surface area contributed by atoms with Crippen molar-refractivity contribution in [2.75, 3.05) is 0 Å². The minimum absolute atomic E-state index is 0.0823. The molecule has 0 radical (unpaired) electrons. The fourth-order valence-corrected chi connectivity index (χ4v) is 3.49. The number of pyridine rings is 1. The quantitative estimate of drug-likeness (QED) is 0.933. The monoisotopic (exact) mass is 324 g/mol. The van der Waals surface area contributed by atoms with E-state index in [9.17, 15) is 9.59 Å². The molecule has 126 valence electrons. The van der Waals surface area contributed by atoms with Crippen LogP contribution in [0.15, 0.2) is 47.3 Å². The Labute approximate surface area is 142 Å². The number of rotatable bonds is 4. The van der Waals surface area contributed by atoms with Crippen LogP contribution in [-0.4, -0.2) is 21.8 Å². The van der Waals surface area contributed by atoms with Crippen molar-refractivity contribution in [1.82, 2.24) is 9.88 Å². The Hall–Kier alpha value is -2.36. The van der Waals surface area contributed by atoms with Crippen molar-refractivity contribution < 1.29 is 4.79 Å². The predicted molar refractivity (Wildman–Crippen MR) is 95.0 cm³/mol. The second-order valence-corrected chi connectivity index (χ2v) is 6.64. The number of nitrogens with one attached hydrogen (secondary N) is 1. The second-order valence-electron chi connectivity index (χ2n) is 6.64. The van der Waals surface area contributed by atoms with E-state index < -0.39 is 0 Å². The lowest BCUT2D eigenvalue weighted by atomic mass is 9.93. The maximum Gasteiger partial charge on any atom is 0.270 e. The van der Waals surface area contributed by atoms with Crippen molar-refractivity contribution in [1.29, 1.82) is 0 Å². The molecule has 1 heterocycles. The molecule has 1 aliphatic carbocycles. The first-order valence-corrected chi connectivity index (χ1v) is 8.69. The van der Waals surface area contributed by atoms with Crippen LogP contribution >= 0.6 is 0 Å². The first-order valence-electron chi connectivity index (χ1n) is 8.69. The Morgan fingerprint density at radius 2 is 1.88 bits per heavy atom. The minimum Gasteiger partial charge on any atom is -0.330 e. The topological polar surface area (TPSA) is 53.2 Å². The number of aryl methyl sites for hydroxylation is 1. The number of hydrogen-bond donors (Lipinski definition) is 1. The number of carbonyl (C=O) groups excluding carboxylic acids is 1. The molecule has 1 amide bonds. The van der Waals surface area contributed by atoms with Gasteiger partial charge in [-0.05, 0) is 31.4 Å². The number of hydrogen-bond acceptors (Lipinski definition) is 2. The Morgan fingerprint density at radius 1 is 1.12 bits per heavy atom. The molecule has 1 aromatic carbocycles. The summed E-state index contributed by atoms with van der Waals surface area (Å²) in [5.41, 5.74) is 2.46. The molecule has 0 saturated heterocycles. The first-order chi connectivity index (χ1) is 11.6. The van der Waals surface area contributed by atoms with E-state index >= 15 is 0 Å². The molecule has 0 spiro atoms. The molecule has 1 aromatic heterocycles. The number of aromatic nitrogens is 1. The van der Waals surface area contributed by atoms with Crippen LogP contribution in [0.25, 0.3) is 0 Å². The average molecular weight is 324 g/mol. The fraction of sp³-hybridized carbons (Fsp3) is 0.400. The largest absolute Gasteiger partial charge is 0.330 e. The third-order valence-corrected chi connectivity index (χ3v) is 4.71. The molecule has 2 aromatic rings. The van der Waals surface area contributed by atoms with E-state index in [1.165, 1.54) is 18.1 Å². The molecule has 0 bridgehead atoms. The highest BCUT2D eigenvalue weighted by molar-refractivity contribution is 5.92. The van der Waals surface area contributed by atoms with Gasteiger partial charge in [-0.25, -0.2) is 0 Å². The molecular weight excluding hydrogens is 300 g/mol. The number of nitrogens with zero attached hydrogens (tertiary/aromatic N) is 1. The molecule has 4 heteroatoms. The van der Waals surface area contributed by atoms with Crippen molar-refractivity contribution in [2.45, 2.75) is 51.6 Å². The summed E-state index contributed by atoms with van der Waals surface area (Å²) in [5.74, 6) is -0.0823. The maximum atomic E-state index is 13.0. The highest BCUT2D eigenvalue weighted by Crippen LogP contribution is 2.25. The van der Waals surface area contributed by atoms with E-state index in [2.05, 4.69) is 30.1 Å². The summed E-state index contributed by atoms with van der Waals surface area (Å²) in [4.78, 5) is 29.2. The summed E-state index contributed by atoms with van der Waals surface area (Å²) < 4.78 is 0. The Balaban J connectivity index is 1.89. The summed E-state index contributed by atoms with van der Waals surface area (Å²) in [6.07, 6.45) is 5.63. The summed E-state index contributed by atoms with van der Waals surface area (Å²) >= 11 is 0. The normalized spacial score (nSPS) is 15.2. The number of H-pyrrole nitrogens is 1. The maximum absolute atomic E-state index is 13.0. The van der Waals surface area contributed by atoms with E-state index in [4.69, 9.17) is 0 Å². The molecule has 3 rings (SSSR count). The van der Waals surface area contributed by atoms with Gasteiger partial charge < -0.3 is 9.88 Å². The van der Waals surface area contributed by atoms with Crippen molar-refractivity contribution in [3.05, 3.63) is 69.6 Å². The molecule has 1 N–H and O–H groups in total. The molecule has 4 nitrogen and oxygen atoms in total. The van der Waals surface area contributed by atoms with Gasteiger partial charge in [0.05, 0.1) is 0 Å². The Bertz CT molecular complexity index is 760. The average Bonchev–Trinajstić information content (AvgIpc) is 2.60. The van der Waals surface area contributed by atoms with Crippen molar-refractivity contribution in [3.63, 3.8) is 0 Å². The minimum atomic E-state index is -0.236. The van der Waals surface area contributed by atoms with Gasteiger partial charge in [-0.15, -0.1) is 0 Å². The standard InChI is InChI=1S/C20H24N2O2/c1-15-7-5-8-16(13-15)14-22(17-9-3-2-4-10-17)20(24)18-11-6-12-19(23)21-18/h5-8,11-13,17H,2-4,9-10,14H2,1H3,(H,21,23). The number of benzene rings is 1. The lowest BCUT2D eigenvalue weighted by Gasteiger charge is -2.34. The molecule has 1 fully saturated rings. The molecule has 0 atom stereocenters. The van der Waals surface area contributed by atoms with Gasteiger partial charge in [0.1, 0.15) is 5.69 Å². The van der Waals surface area contributed by atoms with Crippen LogP contribution in [0.2, 0.25) is 0 Å². The highest BCUT2D eigenvalue weighted by Gasteiger charge is 2.26. The van der Waals surface area contributed by atoms with Crippen LogP contribution in [-0.2, 0) is 6.54 Å². The summed E-state index contributed by atoms with van der Waals surface area (Å²) in [6.45, 7) is 2.65. The summed E-state index contributed by atoms with van der Waals surface area (Å²) in [6, 6.07) is 13.3. The van der Waals surface area contributed by atoms with Gasteiger partial charge in [-0.3, -0.25) is 9.59 Å². The lowest BCUT2D eigenvalue weighted by molar-refractivity contribution is 0.0608. The smallest absolute Gasteiger partial charge is 0.270 e. The molecule has 1 saturated carbocycles. The van der Waals surface area contributed by atoms with Gasteiger partial charge >= 0.3 is 0 Å². The SMILES string of the molecule is Cc1cccc(CN(C(=O)c2cccc(=O)[nH]2)C2CCCCC2)c1. The van der Waals surface area contributed by atoms with Gasteiger partial charge in [-0.2, -0.15) is 0 Å². The van der Waals surface area contributed by atoms with Gasteiger partial charge in [0.25, 0.3) is 5.91 Å². The van der Waals surface area contributed by atoms with E-state index in [0.717, 1.165) is 31.2 Å². The van der Waals surface area contributed by atoms with Gasteiger partial charge in [-0.1, -0.05) is 55.2 Å². The molecule has 0 unspecified atom stereocenters. The van der Waals surface area contributed by atoms with Crippen molar-refractivity contribution in [3.8, 4) is 0 Å². The zero-order chi connectivity index (χ0) is 16.9. The zero-order valence-electron chi connectivity index (χ0n) is 14.1. The predicted octanol–water partition coefficient (Wildman–Crippen LogP) is 3.66. The van der Waals surface area contributed by atoms with E-state index in [1.807, 2.05) is 11.0 Å². The Morgan fingerprint density at radius 3 is 2.58 bits per heavy atom. The summed E-state index contributed by atoms with van der Waals surface area (Å²) in [7, 11) is 0. The second kappa shape index (κ2) is 7.47.